The monoisotopic (exact) mass is 275 g/mol. The Hall–Kier alpha value is -1.55. The Balaban J connectivity index is 2.00. The topological polar surface area (TPSA) is 56.7 Å². The van der Waals surface area contributed by atoms with E-state index in [2.05, 4.69) is 22.5 Å². The Kier molecular flexibility index (Phi) is 5.87. The summed E-state index contributed by atoms with van der Waals surface area (Å²) in [6.07, 6.45) is 5.09. The fraction of sp³-hybridized carbons (Fsp3) is 0.562. The van der Waals surface area contributed by atoms with E-state index in [4.69, 9.17) is 0 Å². The fourth-order valence-corrected chi connectivity index (χ4v) is 2.61. The second kappa shape index (κ2) is 7.90. The molecule has 1 aromatic rings. The smallest absolute Gasteiger partial charge is 0.191 e. The molecule has 0 bridgehead atoms. The molecule has 1 saturated carbocycles. The second-order valence-electron chi connectivity index (χ2n) is 5.25. The van der Waals surface area contributed by atoms with Crippen LogP contribution in [0.3, 0.4) is 0 Å². The Morgan fingerprint density at radius 3 is 2.60 bits per heavy atom. The maximum Gasteiger partial charge on any atom is 0.191 e. The summed E-state index contributed by atoms with van der Waals surface area (Å²) in [5.41, 5.74) is 2.03. The Morgan fingerprint density at radius 1 is 1.25 bits per heavy atom. The molecule has 1 aliphatic rings. The summed E-state index contributed by atoms with van der Waals surface area (Å²) in [7, 11) is 0. The van der Waals surface area contributed by atoms with Crippen LogP contribution in [0.25, 0.3) is 0 Å². The van der Waals surface area contributed by atoms with Gasteiger partial charge in [-0.1, -0.05) is 37.1 Å². The van der Waals surface area contributed by atoms with Gasteiger partial charge in [0.25, 0.3) is 0 Å². The number of aliphatic hydroxyl groups is 1. The van der Waals surface area contributed by atoms with E-state index in [9.17, 15) is 5.11 Å². The summed E-state index contributed by atoms with van der Waals surface area (Å²) in [5.74, 6) is 0.882. The predicted octanol–water partition coefficient (Wildman–Crippen LogP) is 2.18. The number of hydrogen-bond donors (Lipinski definition) is 3. The second-order valence-corrected chi connectivity index (χ2v) is 5.25. The van der Waals surface area contributed by atoms with Gasteiger partial charge in [0.1, 0.15) is 0 Å². The third-order valence-corrected chi connectivity index (χ3v) is 3.74. The highest BCUT2D eigenvalue weighted by molar-refractivity contribution is 5.80. The zero-order chi connectivity index (χ0) is 14.2. The molecule has 0 spiro atoms. The number of hydrogen-bond acceptors (Lipinski definition) is 2. The third-order valence-electron chi connectivity index (χ3n) is 3.74. The lowest BCUT2D eigenvalue weighted by molar-refractivity contribution is 0.280. The van der Waals surface area contributed by atoms with Crippen LogP contribution in [0.1, 0.15) is 43.7 Å². The first kappa shape index (κ1) is 14.9. The zero-order valence-electron chi connectivity index (χ0n) is 12.2. The van der Waals surface area contributed by atoms with Crippen molar-refractivity contribution in [3.8, 4) is 0 Å². The molecular weight excluding hydrogens is 250 g/mol. The highest BCUT2D eigenvalue weighted by Gasteiger charge is 2.15. The van der Waals surface area contributed by atoms with E-state index in [1.807, 2.05) is 24.3 Å². The first-order valence-electron chi connectivity index (χ1n) is 7.56. The average molecular weight is 275 g/mol. The third kappa shape index (κ3) is 4.23. The van der Waals surface area contributed by atoms with Crippen molar-refractivity contribution in [2.24, 2.45) is 4.99 Å². The maximum atomic E-state index is 9.34. The van der Waals surface area contributed by atoms with Gasteiger partial charge in [0.2, 0.25) is 0 Å². The SMILES string of the molecule is CCNC(=NCc1ccccc1CO)NC1CCCC1. The van der Waals surface area contributed by atoms with Crippen LogP contribution in [-0.2, 0) is 13.2 Å². The quantitative estimate of drug-likeness (QED) is 0.570. The van der Waals surface area contributed by atoms with E-state index in [1.54, 1.807) is 0 Å². The van der Waals surface area contributed by atoms with Gasteiger partial charge in [-0.15, -0.1) is 0 Å². The van der Waals surface area contributed by atoms with Crippen molar-refractivity contribution in [1.29, 1.82) is 0 Å². The van der Waals surface area contributed by atoms with Gasteiger partial charge in [0.05, 0.1) is 13.2 Å². The molecule has 20 heavy (non-hydrogen) atoms. The summed E-state index contributed by atoms with van der Waals surface area (Å²) in [5, 5.41) is 16.1. The number of guanidine groups is 1. The van der Waals surface area contributed by atoms with Crippen molar-refractivity contribution in [2.75, 3.05) is 6.54 Å². The van der Waals surface area contributed by atoms with E-state index < -0.39 is 0 Å². The summed E-state index contributed by atoms with van der Waals surface area (Å²) < 4.78 is 0. The average Bonchev–Trinajstić information content (AvgIpc) is 2.98. The number of aliphatic hydroxyl groups excluding tert-OH is 1. The number of aliphatic imine (C=N–C) groups is 1. The standard InChI is InChI=1S/C16H25N3O/c1-2-17-16(19-15-9-5-6-10-15)18-11-13-7-3-4-8-14(13)12-20/h3-4,7-8,15,20H,2,5-6,9-12H2,1H3,(H2,17,18,19). The van der Waals surface area contributed by atoms with Gasteiger partial charge in [-0.25, -0.2) is 4.99 Å². The Morgan fingerprint density at radius 2 is 1.95 bits per heavy atom. The lowest BCUT2D eigenvalue weighted by Gasteiger charge is -2.16. The molecule has 0 atom stereocenters. The minimum absolute atomic E-state index is 0.0677. The number of benzene rings is 1. The predicted molar refractivity (Wildman–Crippen MR) is 82.6 cm³/mol. The minimum atomic E-state index is 0.0677. The van der Waals surface area contributed by atoms with Crippen LogP contribution in [0.5, 0.6) is 0 Å². The van der Waals surface area contributed by atoms with Gasteiger partial charge in [-0.2, -0.15) is 0 Å². The van der Waals surface area contributed by atoms with Gasteiger partial charge < -0.3 is 15.7 Å². The molecule has 1 fully saturated rings. The van der Waals surface area contributed by atoms with Crippen molar-refractivity contribution in [2.45, 2.75) is 51.8 Å². The molecule has 110 valence electrons. The van der Waals surface area contributed by atoms with E-state index in [0.29, 0.717) is 12.6 Å². The molecule has 1 aromatic carbocycles. The van der Waals surface area contributed by atoms with E-state index in [0.717, 1.165) is 23.6 Å². The molecule has 0 heterocycles. The van der Waals surface area contributed by atoms with Gasteiger partial charge in [0.15, 0.2) is 5.96 Å². The van der Waals surface area contributed by atoms with Crippen LogP contribution in [-0.4, -0.2) is 23.7 Å². The van der Waals surface area contributed by atoms with Gasteiger partial charge in [0, 0.05) is 12.6 Å². The summed E-state index contributed by atoms with van der Waals surface area (Å²) >= 11 is 0. The van der Waals surface area contributed by atoms with Crippen molar-refractivity contribution < 1.29 is 5.11 Å². The van der Waals surface area contributed by atoms with Crippen molar-refractivity contribution >= 4 is 5.96 Å². The highest BCUT2D eigenvalue weighted by atomic mass is 16.3. The summed E-state index contributed by atoms with van der Waals surface area (Å²) in [6.45, 7) is 3.60. The Labute approximate surface area is 121 Å². The van der Waals surface area contributed by atoms with Crippen molar-refractivity contribution in [3.63, 3.8) is 0 Å². The largest absolute Gasteiger partial charge is 0.392 e. The van der Waals surface area contributed by atoms with Crippen LogP contribution < -0.4 is 10.6 Å². The first-order chi connectivity index (χ1) is 9.83. The fourth-order valence-electron chi connectivity index (χ4n) is 2.61. The highest BCUT2D eigenvalue weighted by Crippen LogP contribution is 2.17. The van der Waals surface area contributed by atoms with E-state index >= 15 is 0 Å². The molecule has 0 radical (unpaired) electrons. The minimum Gasteiger partial charge on any atom is -0.392 e. The lowest BCUT2D eigenvalue weighted by atomic mass is 10.1. The Bertz CT molecular complexity index is 439. The van der Waals surface area contributed by atoms with Crippen LogP contribution in [0.2, 0.25) is 0 Å². The molecule has 0 amide bonds. The van der Waals surface area contributed by atoms with E-state index in [-0.39, 0.29) is 6.61 Å². The molecule has 0 saturated heterocycles. The molecular formula is C16H25N3O. The molecule has 4 nitrogen and oxygen atoms in total. The molecule has 1 aliphatic carbocycles. The molecule has 0 aliphatic heterocycles. The van der Waals surface area contributed by atoms with Crippen LogP contribution >= 0.6 is 0 Å². The number of nitrogens with one attached hydrogen (secondary N) is 2. The first-order valence-corrected chi connectivity index (χ1v) is 7.56. The van der Waals surface area contributed by atoms with Crippen LogP contribution in [0.15, 0.2) is 29.3 Å². The molecule has 0 unspecified atom stereocenters. The molecule has 3 N–H and O–H groups in total. The summed E-state index contributed by atoms with van der Waals surface area (Å²) in [6, 6.07) is 8.46. The number of rotatable bonds is 5. The van der Waals surface area contributed by atoms with Gasteiger partial charge in [-0.3, -0.25) is 0 Å². The van der Waals surface area contributed by atoms with Crippen molar-refractivity contribution in [1.82, 2.24) is 10.6 Å². The zero-order valence-corrected chi connectivity index (χ0v) is 12.2. The van der Waals surface area contributed by atoms with Crippen LogP contribution in [0.4, 0.5) is 0 Å². The lowest BCUT2D eigenvalue weighted by Crippen LogP contribution is -2.42. The maximum absolute atomic E-state index is 9.34. The summed E-state index contributed by atoms with van der Waals surface area (Å²) in [4.78, 5) is 4.64. The van der Waals surface area contributed by atoms with E-state index in [1.165, 1.54) is 25.7 Å². The molecule has 2 rings (SSSR count). The normalized spacial score (nSPS) is 16.4. The van der Waals surface area contributed by atoms with Crippen LogP contribution in [0, 0.1) is 0 Å². The van der Waals surface area contributed by atoms with Gasteiger partial charge >= 0.3 is 0 Å². The van der Waals surface area contributed by atoms with Gasteiger partial charge in [-0.05, 0) is 30.9 Å². The number of nitrogens with zero attached hydrogens (tertiary/aromatic N) is 1. The van der Waals surface area contributed by atoms with Crippen molar-refractivity contribution in [3.05, 3.63) is 35.4 Å². The molecule has 4 heteroatoms. The molecule has 0 aromatic heterocycles.